The SMILES string of the molecule is COCN1C=C2N=C(C(F)(F)F)C=C([S])N2N1. The predicted octanol–water partition coefficient (Wildman–Crippen LogP) is 1.48. The summed E-state index contributed by atoms with van der Waals surface area (Å²) >= 11 is 4.85. The number of methoxy groups -OCH3 is 1. The van der Waals surface area contributed by atoms with E-state index in [1.807, 2.05) is 0 Å². The molecule has 2 heterocycles. The highest BCUT2D eigenvalue weighted by molar-refractivity contribution is 7.84. The van der Waals surface area contributed by atoms with Crippen LogP contribution in [0.1, 0.15) is 0 Å². The van der Waals surface area contributed by atoms with Crippen molar-refractivity contribution in [3.05, 3.63) is 23.1 Å². The van der Waals surface area contributed by atoms with E-state index in [0.717, 1.165) is 6.08 Å². The first-order chi connectivity index (χ1) is 7.91. The zero-order valence-electron chi connectivity index (χ0n) is 8.65. The molecule has 0 atom stereocenters. The van der Waals surface area contributed by atoms with Crippen LogP contribution in [0.2, 0.25) is 0 Å². The highest BCUT2D eigenvalue weighted by Gasteiger charge is 2.39. The normalized spacial score (nSPS) is 19.9. The van der Waals surface area contributed by atoms with Gasteiger partial charge < -0.3 is 4.74 Å². The fourth-order valence-corrected chi connectivity index (χ4v) is 1.58. The maximum atomic E-state index is 12.5. The Hall–Kier alpha value is -1.32. The second kappa shape index (κ2) is 4.17. The van der Waals surface area contributed by atoms with Crippen LogP contribution < -0.4 is 5.53 Å². The molecule has 1 radical (unpaired) electrons. The van der Waals surface area contributed by atoms with Crippen LogP contribution in [0.15, 0.2) is 28.1 Å². The number of alkyl halides is 3. The van der Waals surface area contributed by atoms with Gasteiger partial charge in [0.1, 0.15) is 17.5 Å². The number of hydrogen-bond acceptors (Lipinski definition) is 5. The van der Waals surface area contributed by atoms with Crippen LogP contribution in [-0.2, 0) is 4.74 Å². The average molecular weight is 265 g/mol. The topological polar surface area (TPSA) is 40.1 Å². The number of hydrogen-bond donors (Lipinski definition) is 1. The number of rotatable bonds is 2. The Labute approximate surface area is 101 Å². The highest BCUT2D eigenvalue weighted by Crippen LogP contribution is 2.29. The van der Waals surface area contributed by atoms with Crippen LogP contribution in [-0.4, -0.2) is 35.7 Å². The number of allylic oxidation sites excluding steroid dienone is 1. The third-order valence-electron chi connectivity index (χ3n) is 2.00. The molecule has 0 unspecified atom stereocenters. The standard InChI is InChI=1S/C8H8F3N4OS/c1-16-4-14-3-6-12-5(8(9,10)11)2-7(17)15(6)13-14/h2-3,13H,4H2,1H3. The van der Waals surface area contributed by atoms with Gasteiger partial charge in [0.25, 0.3) is 0 Å². The molecule has 93 valence electrons. The molecule has 0 spiro atoms. The third-order valence-corrected chi connectivity index (χ3v) is 2.30. The summed E-state index contributed by atoms with van der Waals surface area (Å²) in [5.74, 6) is 0.0851. The number of hydrazine groups is 2. The smallest absolute Gasteiger partial charge is 0.363 e. The number of ether oxygens (including phenoxy) is 1. The van der Waals surface area contributed by atoms with E-state index >= 15 is 0 Å². The lowest BCUT2D eigenvalue weighted by atomic mass is 10.3. The molecule has 2 rings (SSSR count). The minimum atomic E-state index is -4.51. The molecule has 2 aliphatic heterocycles. The zero-order chi connectivity index (χ0) is 12.6. The number of nitrogens with one attached hydrogen (secondary N) is 1. The van der Waals surface area contributed by atoms with Gasteiger partial charge in [0.05, 0.1) is 6.20 Å². The second-order valence-corrected chi connectivity index (χ2v) is 3.71. The van der Waals surface area contributed by atoms with Crippen LogP contribution in [0, 0.1) is 0 Å². The summed E-state index contributed by atoms with van der Waals surface area (Å²) in [5.41, 5.74) is 1.71. The van der Waals surface area contributed by atoms with Crippen LogP contribution in [0.25, 0.3) is 0 Å². The fraction of sp³-hybridized carbons (Fsp3) is 0.375. The van der Waals surface area contributed by atoms with Crippen LogP contribution in [0.5, 0.6) is 0 Å². The van der Waals surface area contributed by atoms with E-state index in [2.05, 4.69) is 10.5 Å². The first kappa shape index (κ1) is 12.1. The monoisotopic (exact) mass is 265 g/mol. The van der Waals surface area contributed by atoms with Crippen molar-refractivity contribution in [1.82, 2.24) is 15.6 Å². The lowest BCUT2D eigenvalue weighted by Gasteiger charge is -2.24. The largest absolute Gasteiger partial charge is 0.433 e. The van der Waals surface area contributed by atoms with E-state index in [1.54, 1.807) is 0 Å². The number of halogens is 3. The Morgan fingerprint density at radius 2 is 2.24 bits per heavy atom. The fourth-order valence-electron chi connectivity index (χ4n) is 1.33. The molecule has 0 fully saturated rings. The van der Waals surface area contributed by atoms with E-state index in [9.17, 15) is 13.2 Å². The molecule has 17 heavy (non-hydrogen) atoms. The van der Waals surface area contributed by atoms with E-state index < -0.39 is 11.9 Å². The zero-order valence-corrected chi connectivity index (χ0v) is 9.47. The Morgan fingerprint density at radius 1 is 1.53 bits per heavy atom. The van der Waals surface area contributed by atoms with Crippen molar-refractivity contribution < 1.29 is 17.9 Å². The molecule has 9 heteroatoms. The van der Waals surface area contributed by atoms with Crippen molar-refractivity contribution in [2.24, 2.45) is 4.99 Å². The molecule has 0 aromatic rings. The molecular weight excluding hydrogens is 257 g/mol. The van der Waals surface area contributed by atoms with E-state index in [4.69, 9.17) is 17.4 Å². The summed E-state index contributed by atoms with van der Waals surface area (Å²) in [4.78, 5) is 3.47. The number of fused-ring (bicyclic) bond motifs is 1. The summed E-state index contributed by atoms with van der Waals surface area (Å²) in [5, 5.41) is 2.69. The van der Waals surface area contributed by atoms with Crippen molar-refractivity contribution in [3.8, 4) is 0 Å². The number of nitrogens with zero attached hydrogens (tertiary/aromatic N) is 3. The van der Waals surface area contributed by atoms with Gasteiger partial charge in [-0.1, -0.05) is 12.6 Å². The molecule has 5 nitrogen and oxygen atoms in total. The molecule has 0 saturated carbocycles. The summed E-state index contributed by atoms with van der Waals surface area (Å²) in [6.07, 6.45) is -2.32. The second-order valence-electron chi connectivity index (χ2n) is 3.29. The summed E-state index contributed by atoms with van der Waals surface area (Å²) in [6, 6.07) is 0. The number of aliphatic imine (C=N–C) groups is 1. The summed E-state index contributed by atoms with van der Waals surface area (Å²) in [6.45, 7) is 0.166. The molecule has 0 saturated heterocycles. The van der Waals surface area contributed by atoms with Crippen molar-refractivity contribution in [3.63, 3.8) is 0 Å². The molecule has 0 aromatic heterocycles. The molecule has 0 aromatic carbocycles. The van der Waals surface area contributed by atoms with Crippen LogP contribution in [0.3, 0.4) is 0 Å². The first-order valence-electron chi connectivity index (χ1n) is 4.50. The average Bonchev–Trinajstić information content (AvgIpc) is 2.60. The molecule has 0 amide bonds. The third kappa shape index (κ3) is 2.35. The molecule has 2 aliphatic rings. The minimum absolute atomic E-state index is 0.00261. The van der Waals surface area contributed by atoms with E-state index in [0.29, 0.717) is 0 Å². The Bertz CT molecular complexity index is 417. The van der Waals surface area contributed by atoms with Gasteiger partial charge in [-0.25, -0.2) is 10.0 Å². The first-order valence-corrected chi connectivity index (χ1v) is 4.91. The quantitative estimate of drug-likeness (QED) is 0.821. The van der Waals surface area contributed by atoms with Gasteiger partial charge in [0.2, 0.25) is 0 Å². The maximum absolute atomic E-state index is 12.5. The van der Waals surface area contributed by atoms with Crippen LogP contribution in [0.4, 0.5) is 13.2 Å². The minimum Gasteiger partial charge on any atom is -0.363 e. The van der Waals surface area contributed by atoms with Gasteiger partial charge in [0.15, 0.2) is 5.82 Å². The maximum Gasteiger partial charge on any atom is 0.433 e. The van der Waals surface area contributed by atoms with E-state index in [-0.39, 0.29) is 17.6 Å². The molecular formula is C8H8F3N4OS. The van der Waals surface area contributed by atoms with E-state index in [1.165, 1.54) is 23.3 Å². The molecule has 1 N–H and O–H groups in total. The van der Waals surface area contributed by atoms with Gasteiger partial charge in [0, 0.05) is 13.2 Å². The van der Waals surface area contributed by atoms with Gasteiger partial charge in [-0.2, -0.15) is 13.2 Å². The lowest BCUT2D eigenvalue weighted by Crippen LogP contribution is -2.41. The summed E-state index contributed by atoms with van der Waals surface area (Å²) in [7, 11) is 1.46. The van der Waals surface area contributed by atoms with Crippen molar-refractivity contribution in [2.45, 2.75) is 6.18 Å². The predicted molar refractivity (Wildman–Crippen MR) is 55.9 cm³/mol. The molecule has 0 aliphatic carbocycles. The Balaban J connectivity index is 2.27. The van der Waals surface area contributed by atoms with Crippen LogP contribution >= 0.6 is 12.6 Å². The lowest BCUT2D eigenvalue weighted by molar-refractivity contribution is -0.0582. The Kier molecular flexibility index (Phi) is 2.98. The molecule has 0 bridgehead atoms. The van der Waals surface area contributed by atoms with Crippen molar-refractivity contribution in [1.29, 1.82) is 0 Å². The van der Waals surface area contributed by atoms with Crippen molar-refractivity contribution >= 4 is 18.3 Å². The van der Waals surface area contributed by atoms with Gasteiger partial charge in [-0.05, 0) is 0 Å². The van der Waals surface area contributed by atoms with Gasteiger partial charge in [-0.3, -0.25) is 5.01 Å². The van der Waals surface area contributed by atoms with Crippen molar-refractivity contribution in [2.75, 3.05) is 13.8 Å². The van der Waals surface area contributed by atoms with Gasteiger partial charge in [-0.15, -0.1) is 5.53 Å². The highest BCUT2D eigenvalue weighted by atomic mass is 32.1. The Morgan fingerprint density at radius 3 is 2.82 bits per heavy atom. The van der Waals surface area contributed by atoms with Gasteiger partial charge >= 0.3 is 6.18 Å². The summed E-state index contributed by atoms with van der Waals surface area (Å²) < 4.78 is 42.3.